The molecular weight excluding hydrogens is 396 g/mol. The van der Waals surface area contributed by atoms with Crippen LogP contribution in [0.1, 0.15) is 30.7 Å². The third-order valence-corrected chi connectivity index (χ3v) is 6.90. The lowest BCUT2D eigenvalue weighted by Crippen LogP contribution is -2.27. The summed E-state index contributed by atoms with van der Waals surface area (Å²) >= 11 is 1.59. The summed E-state index contributed by atoms with van der Waals surface area (Å²) in [7, 11) is 3.71. The van der Waals surface area contributed by atoms with E-state index in [1.54, 1.807) is 19.2 Å². The molecule has 1 aliphatic heterocycles. The van der Waals surface area contributed by atoms with Crippen molar-refractivity contribution >= 4 is 17.7 Å². The molecule has 5 rings (SSSR count). The number of aromatic nitrogens is 3. The molecule has 1 unspecified atom stereocenters. The second kappa shape index (κ2) is 7.96. The maximum atomic E-state index is 5.70. The third-order valence-electron chi connectivity index (χ3n) is 6.01. The average molecular weight is 423 g/mol. The van der Waals surface area contributed by atoms with Gasteiger partial charge in [-0.3, -0.25) is 4.68 Å². The van der Waals surface area contributed by atoms with E-state index >= 15 is 0 Å². The van der Waals surface area contributed by atoms with Gasteiger partial charge in [0.1, 0.15) is 5.76 Å². The summed E-state index contributed by atoms with van der Waals surface area (Å²) in [6, 6.07) is 6.69. The van der Waals surface area contributed by atoms with E-state index in [0.29, 0.717) is 5.25 Å². The Bertz CT molecular complexity index is 1100. The number of anilines is 1. The molecule has 0 saturated heterocycles. The first-order valence-corrected chi connectivity index (χ1v) is 11.2. The lowest BCUT2D eigenvalue weighted by molar-refractivity contribution is 0.381. The molecule has 156 valence electrons. The van der Waals surface area contributed by atoms with Gasteiger partial charge in [-0.05, 0) is 49.9 Å². The van der Waals surface area contributed by atoms with E-state index in [-0.39, 0.29) is 0 Å². The number of rotatable bonds is 4. The smallest absolute Gasteiger partial charge is 0.146 e. The Morgan fingerprint density at radius 3 is 2.87 bits per heavy atom. The summed E-state index contributed by atoms with van der Waals surface area (Å²) in [5.41, 5.74) is 8.22. The third kappa shape index (κ3) is 3.46. The molecule has 2 aromatic heterocycles. The Morgan fingerprint density at radius 1 is 1.23 bits per heavy atom. The zero-order chi connectivity index (χ0) is 20.7. The van der Waals surface area contributed by atoms with Crippen molar-refractivity contribution < 1.29 is 8.71 Å². The summed E-state index contributed by atoms with van der Waals surface area (Å²) in [5, 5.41) is 9.14. The Labute approximate surface area is 181 Å². The van der Waals surface area contributed by atoms with E-state index in [1.807, 2.05) is 24.9 Å². The Kier molecular flexibility index (Phi) is 5.16. The van der Waals surface area contributed by atoms with Crippen LogP contribution >= 0.6 is 12.0 Å². The fourth-order valence-corrected chi connectivity index (χ4v) is 5.21. The highest BCUT2D eigenvalue weighted by Gasteiger charge is 2.28. The standard InChI is InChI=1S/C23H26N4O2S/c1-15-23-20-9-4-16(17-13-24-26(2)14-17)12-21(20)27(11-10-22(23)29-25-15)18-5-7-19(8-6-18)30-28-3/h4-5,9,12-14,19H,6-8,10-11H2,1-3H3. The second-order valence-corrected chi connectivity index (χ2v) is 9.15. The maximum Gasteiger partial charge on any atom is 0.146 e. The molecular formula is C23H26N4O2S. The largest absolute Gasteiger partial charge is 0.360 e. The molecule has 3 heterocycles. The number of aryl methyl sites for hydroxylation is 2. The lowest BCUT2D eigenvalue weighted by atomic mass is 9.97. The van der Waals surface area contributed by atoms with Gasteiger partial charge in [0, 0.05) is 59.5 Å². The monoisotopic (exact) mass is 422 g/mol. The van der Waals surface area contributed by atoms with Crippen molar-refractivity contribution in [1.82, 2.24) is 14.9 Å². The van der Waals surface area contributed by atoms with E-state index in [0.717, 1.165) is 54.8 Å². The summed E-state index contributed by atoms with van der Waals surface area (Å²) in [4.78, 5) is 2.48. The molecule has 1 aliphatic carbocycles. The van der Waals surface area contributed by atoms with Gasteiger partial charge in [0.15, 0.2) is 0 Å². The average Bonchev–Trinajstić information content (AvgIpc) is 3.30. The lowest BCUT2D eigenvalue weighted by Gasteiger charge is -2.32. The first-order valence-electron chi connectivity index (χ1n) is 10.4. The van der Waals surface area contributed by atoms with Gasteiger partial charge in [-0.1, -0.05) is 23.4 Å². The van der Waals surface area contributed by atoms with Crippen LogP contribution in [0.4, 0.5) is 5.69 Å². The predicted octanol–water partition coefficient (Wildman–Crippen LogP) is 5.14. The quantitative estimate of drug-likeness (QED) is 0.543. The minimum absolute atomic E-state index is 0.535. The fraction of sp³-hybridized carbons (Fsp3) is 0.391. The normalized spacial score (nSPS) is 18.6. The molecule has 3 aromatic rings. The van der Waals surface area contributed by atoms with Crippen LogP contribution in [0.25, 0.3) is 22.3 Å². The van der Waals surface area contributed by atoms with Crippen molar-refractivity contribution in [2.75, 3.05) is 18.6 Å². The molecule has 0 radical (unpaired) electrons. The van der Waals surface area contributed by atoms with E-state index in [1.165, 1.54) is 22.5 Å². The van der Waals surface area contributed by atoms with Crippen LogP contribution in [0.15, 0.2) is 46.9 Å². The van der Waals surface area contributed by atoms with Gasteiger partial charge in [-0.2, -0.15) is 5.10 Å². The van der Waals surface area contributed by atoms with Crippen LogP contribution in [-0.4, -0.2) is 33.8 Å². The summed E-state index contributed by atoms with van der Waals surface area (Å²) in [6.45, 7) is 2.92. The molecule has 0 saturated carbocycles. The van der Waals surface area contributed by atoms with E-state index < -0.39 is 0 Å². The zero-order valence-electron chi connectivity index (χ0n) is 17.6. The molecule has 0 N–H and O–H groups in total. The van der Waals surface area contributed by atoms with Crippen LogP contribution in [0.2, 0.25) is 0 Å². The highest BCUT2D eigenvalue weighted by atomic mass is 32.2. The van der Waals surface area contributed by atoms with Crippen molar-refractivity contribution in [3.63, 3.8) is 0 Å². The fourth-order valence-electron chi connectivity index (χ4n) is 4.55. The van der Waals surface area contributed by atoms with Gasteiger partial charge >= 0.3 is 0 Å². The first kappa shape index (κ1) is 19.5. The molecule has 0 bridgehead atoms. The molecule has 1 atom stereocenters. The summed E-state index contributed by atoms with van der Waals surface area (Å²) in [6.07, 6.45) is 10.4. The number of nitrogens with zero attached hydrogens (tertiary/aromatic N) is 4. The SMILES string of the molecule is COSC1CC=C(N2CCc3onc(C)c3-c3ccc(-c4cnn(C)c4)cc32)CC1. The number of hydrogen-bond donors (Lipinski definition) is 0. The van der Waals surface area contributed by atoms with Gasteiger partial charge < -0.3 is 13.6 Å². The van der Waals surface area contributed by atoms with Crippen molar-refractivity contribution in [3.05, 3.63) is 53.8 Å². The molecule has 0 amide bonds. The van der Waals surface area contributed by atoms with Gasteiger partial charge in [0.25, 0.3) is 0 Å². The molecule has 0 spiro atoms. The number of fused-ring (bicyclic) bond motifs is 3. The Balaban J connectivity index is 1.59. The number of allylic oxidation sites excluding steroid dienone is 2. The van der Waals surface area contributed by atoms with Crippen LogP contribution in [0.5, 0.6) is 0 Å². The summed E-state index contributed by atoms with van der Waals surface area (Å²) in [5.74, 6) is 0.981. The van der Waals surface area contributed by atoms with Gasteiger partial charge in [0.05, 0.1) is 19.0 Å². The van der Waals surface area contributed by atoms with Crippen LogP contribution in [-0.2, 0) is 17.7 Å². The predicted molar refractivity (Wildman–Crippen MR) is 120 cm³/mol. The number of benzene rings is 1. The van der Waals surface area contributed by atoms with Crippen molar-refractivity contribution in [3.8, 4) is 22.3 Å². The minimum Gasteiger partial charge on any atom is -0.360 e. The topological polar surface area (TPSA) is 56.3 Å². The molecule has 7 heteroatoms. The second-order valence-electron chi connectivity index (χ2n) is 7.96. The molecule has 2 aliphatic rings. The van der Waals surface area contributed by atoms with E-state index in [4.69, 9.17) is 8.71 Å². The Morgan fingerprint density at radius 2 is 2.13 bits per heavy atom. The van der Waals surface area contributed by atoms with Gasteiger partial charge in [-0.15, -0.1) is 0 Å². The van der Waals surface area contributed by atoms with Gasteiger partial charge in [0.2, 0.25) is 0 Å². The molecule has 1 aromatic carbocycles. The van der Waals surface area contributed by atoms with E-state index in [2.05, 4.69) is 45.6 Å². The van der Waals surface area contributed by atoms with Crippen LogP contribution < -0.4 is 4.90 Å². The van der Waals surface area contributed by atoms with Crippen LogP contribution in [0.3, 0.4) is 0 Å². The zero-order valence-corrected chi connectivity index (χ0v) is 18.4. The first-order chi connectivity index (χ1) is 14.6. The van der Waals surface area contributed by atoms with Gasteiger partial charge in [-0.25, -0.2) is 0 Å². The molecule has 0 fully saturated rings. The van der Waals surface area contributed by atoms with Crippen molar-refractivity contribution in [2.45, 2.75) is 37.9 Å². The summed E-state index contributed by atoms with van der Waals surface area (Å²) < 4.78 is 12.8. The molecule has 30 heavy (non-hydrogen) atoms. The van der Waals surface area contributed by atoms with Crippen molar-refractivity contribution in [1.29, 1.82) is 0 Å². The minimum atomic E-state index is 0.535. The van der Waals surface area contributed by atoms with Crippen molar-refractivity contribution in [2.24, 2.45) is 7.05 Å². The highest BCUT2D eigenvalue weighted by Crippen LogP contribution is 2.43. The van der Waals surface area contributed by atoms with E-state index in [9.17, 15) is 0 Å². The van der Waals surface area contributed by atoms with Crippen LogP contribution in [0, 0.1) is 6.92 Å². The number of hydrogen-bond acceptors (Lipinski definition) is 6. The maximum absolute atomic E-state index is 5.70. The Hall–Kier alpha value is -2.51. The molecule has 6 nitrogen and oxygen atoms in total. The highest BCUT2D eigenvalue weighted by molar-refractivity contribution is 7.95.